The fourth-order valence-electron chi connectivity index (χ4n) is 0.425. The summed E-state index contributed by atoms with van der Waals surface area (Å²) in [6.45, 7) is 0. The van der Waals surface area contributed by atoms with Gasteiger partial charge < -0.3 is 5.73 Å². The van der Waals surface area contributed by atoms with Gasteiger partial charge in [0.15, 0.2) is 0 Å². The second-order valence-corrected chi connectivity index (χ2v) is 1.48. The minimum atomic E-state index is -0.644. The molecule has 0 aromatic carbocycles. The molecule has 0 fully saturated rings. The quantitative estimate of drug-likeness (QED) is 0.580. The summed E-state index contributed by atoms with van der Waals surface area (Å²) in [7, 11) is 0. The zero-order chi connectivity index (χ0) is 8.43. The van der Waals surface area contributed by atoms with Gasteiger partial charge in [0.1, 0.15) is 0 Å². The fraction of sp³-hybridized carbons (Fsp3) is 0. The van der Waals surface area contributed by atoms with E-state index in [2.05, 4.69) is 4.98 Å². The first-order valence-corrected chi connectivity index (χ1v) is 2.34. The van der Waals surface area contributed by atoms with Crippen LogP contribution < -0.4 is 5.73 Å². The van der Waals surface area contributed by atoms with Crippen molar-refractivity contribution < 1.29 is 7.54 Å². The molecule has 0 spiro atoms. The molecule has 1 amide bonds. The van der Waals surface area contributed by atoms with Gasteiger partial charge >= 0.3 is 0 Å². The Hall–Kier alpha value is -1.38. The lowest BCUT2D eigenvalue weighted by Crippen LogP contribution is -2.10. The summed E-state index contributed by atoms with van der Waals surface area (Å²) < 4.78 is 14.1. The largest absolute Gasteiger partial charge is 0.366 e. The van der Waals surface area contributed by atoms with Gasteiger partial charge in [0, 0.05) is 17.9 Å². The maximum absolute atomic E-state index is 10.5. The van der Waals surface area contributed by atoms with Crippen molar-refractivity contribution in [3.8, 4) is 0 Å². The van der Waals surface area contributed by atoms with E-state index in [0.29, 0.717) is 0 Å². The van der Waals surface area contributed by atoms with E-state index < -0.39 is 5.91 Å². The zero-order valence-electron chi connectivity index (χ0n) is 6.59. The van der Waals surface area contributed by atoms with Crippen molar-refractivity contribution in [3.63, 3.8) is 0 Å². The number of aromatic nitrogens is 1. The number of pyridine rings is 1. The number of carbonyl (C=O) groups excluding carboxylic acids is 1. The van der Waals surface area contributed by atoms with E-state index in [1.54, 1.807) is 0 Å². The lowest BCUT2D eigenvalue weighted by molar-refractivity contribution is 0.1000. The third-order valence-electron chi connectivity index (χ3n) is 0.854. The molecule has 9 heavy (non-hydrogen) atoms. The molecule has 0 atom stereocenters. The van der Waals surface area contributed by atoms with Gasteiger partial charge in [-0.25, -0.2) is 0 Å². The molecule has 0 radical (unpaired) electrons. The van der Waals surface area contributed by atoms with Crippen LogP contribution in [0.5, 0.6) is 0 Å². The molecule has 1 heterocycles. The average Bonchev–Trinajstić information content (AvgIpc) is 1.85. The first-order chi connectivity index (χ1) is 5.09. The summed E-state index contributed by atoms with van der Waals surface area (Å²) in [5, 5.41) is 0. The SMILES string of the molecule is [2H]c1cc(C(N)=O)cc([2H])n1. The molecule has 2 N–H and O–H groups in total. The third-order valence-corrected chi connectivity index (χ3v) is 0.854. The molecule has 1 rings (SSSR count). The molecule has 3 heteroatoms. The van der Waals surface area contributed by atoms with E-state index in [1.165, 1.54) is 12.1 Å². The first kappa shape index (κ1) is 3.61. The van der Waals surface area contributed by atoms with Gasteiger partial charge in [0.05, 0.1) is 2.74 Å². The van der Waals surface area contributed by atoms with Crippen molar-refractivity contribution in [3.05, 3.63) is 30.0 Å². The van der Waals surface area contributed by atoms with Crippen LogP contribution in [0.15, 0.2) is 24.5 Å². The second kappa shape index (κ2) is 2.26. The molecule has 0 saturated carbocycles. The van der Waals surface area contributed by atoms with Gasteiger partial charge in [-0.1, -0.05) is 0 Å². The van der Waals surface area contributed by atoms with Crippen LogP contribution in [0.3, 0.4) is 0 Å². The molecule has 3 nitrogen and oxygen atoms in total. The van der Waals surface area contributed by atoms with E-state index in [9.17, 15) is 4.79 Å². The second-order valence-electron chi connectivity index (χ2n) is 1.48. The molecule has 46 valence electrons. The lowest BCUT2D eigenvalue weighted by atomic mass is 10.3. The fourth-order valence-corrected chi connectivity index (χ4v) is 0.425. The Morgan fingerprint density at radius 3 is 2.67 bits per heavy atom. The number of carbonyl (C=O) groups is 1. The molecule has 1 aromatic rings. The highest BCUT2D eigenvalue weighted by Crippen LogP contribution is 1.91. The summed E-state index contributed by atoms with van der Waals surface area (Å²) in [6.07, 6.45) is -0.238. The summed E-state index contributed by atoms with van der Waals surface area (Å²) in [5.41, 5.74) is 5.07. The van der Waals surface area contributed by atoms with Crippen molar-refractivity contribution in [1.29, 1.82) is 0 Å². The van der Waals surface area contributed by atoms with Crippen molar-refractivity contribution in [2.24, 2.45) is 5.73 Å². The Labute approximate surface area is 55.3 Å². The Kier molecular flexibility index (Phi) is 0.906. The Morgan fingerprint density at radius 2 is 2.22 bits per heavy atom. The minimum Gasteiger partial charge on any atom is -0.366 e. The van der Waals surface area contributed by atoms with E-state index in [-0.39, 0.29) is 17.9 Å². The Balaban J connectivity index is 3.19. The predicted octanol–water partition coefficient (Wildman–Crippen LogP) is 0.181. The van der Waals surface area contributed by atoms with E-state index in [1.807, 2.05) is 0 Å². The highest BCUT2D eigenvalue weighted by Gasteiger charge is 1.94. The van der Waals surface area contributed by atoms with Crippen LogP contribution in [-0.2, 0) is 0 Å². The molecule has 0 bridgehead atoms. The number of nitrogens with two attached hydrogens (primary N) is 1. The molecular formula is C6H6N2O. The zero-order valence-corrected chi connectivity index (χ0v) is 4.59. The van der Waals surface area contributed by atoms with Crippen LogP contribution in [0, 0.1) is 0 Å². The average molecular weight is 124 g/mol. The van der Waals surface area contributed by atoms with Gasteiger partial charge in [-0.15, -0.1) is 0 Å². The molecule has 0 aliphatic carbocycles. The van der Waals surface area contributed by atoms with Crippen molar-refractivity contribution in [1.82, 2.24) is 4.98 Å². The van der Waals surface area contributed by atoms with Crippen LogP contribution in [0.25, 0.3) is 0 Å². The number of amides is 1. The minimum absolute atomic E-state index is 0.119. The van der Waals surface area contributed by atoms with Crippen LogP contribution in [0.2, 0.25) is 0 Å². The summed E-state index contributed by atoms with van der Waals surface area (Å²) in [6, 6.07) is 2.45. The van der Waals surface area contributed by atoms with Gasteiger partial charge in [0.25, 0.3) is 0 Å². The van der Waals surface area contributed by atoms with E-state index >= 15 is 0 Å². The van der Waals surface area contributed by atoms with Crippen molar-refractivity contribution >= 4 is 5.91 Å². The van der Waals surface area contributed by atoms with Gasteiger partial charge in [-0.2, -0.15) is 0 Å². The molecule has 0 unspecified atom stereocenters. The van der Waals surface area contributed by atoms with Crippen LogP contribution in [0.1, 0.15) is 13.1 Å². The van der Waals surface area contributed by atoms with Crippen molar-refractivity contribution in [2.45, 2.75) is 0 Å². The highest BCUT2D eigenvalue weighted by atomic mass is 16.1. The smallest absolute Gasteiger partial charge is 0.248 e. The molecule has 0 saturated heterocycles. The number of nitrogens with zero attached hydrogens (tertiary/aromatic N) is 1. The van der Waals surface area contributed by atoms with Gasteiger partial charge in [0.2, 0.25) is 5.91 Å². The van der Waals surface area contributed by atoms with Gasteiger partial charge in [-0.3, -0.25) is 9.78 Å². The predicted molar refractivity (Wildman–Crippen MR) is 32.8 cm³/mol. The lowest BCUT2D eigenvalue weighted by Gasteiger charge is -1.88. The normalized spacial score (nSPS) is 12.0. The van der Waals surface area contributed by atoms with Gasteiger partial charge in [-0.05, 0) is 12.1 Å². The maximum atomic E-state index is 10.5. The van der Waals surface area contributed by atoms with Crippen molar-refractivity contribution in [2.75, 3.05) is 0 Å². The number of primary amides is 1. The maximum Gasteiger partial charge on any atom is 0.248 e. The van der Waals surface area contributed by atoms with E-state index in [0.717, 1.165) is 0 Å². The first-order valence-electron chi connectivity index (χ1n) is 3.34. The van der Waals surface area contributed by atoms with Crippen LogP contribution >= 0.6 is 0 Å². The van der Waals surface area contributed by atoms with Crippen LogP contribution in [0.4, 0.5) is 0 Å². The highest BCUT2D eigenvalue weighted by molar-refractivity contribution is 5.92. The number of hydrogen-bond donors (Lipinski definition) is 1. The third kappa shape index (κ3) is 1.25. The Morgan fingerprint density at radius 1 is 1.67 bits per heavy atom. The summed E-state index contributed by atoms with van der Waals surface area (Å²) in [4.78, 5) is 14.0. The molecule has 0 aliphatic heterocycles. The molecule has 1 aromatic heterocycles. The molecular weight excluding hydrogens is 116 g/mol. The van der Waals surface area contributed by atoms with Crippen LogP contribution in [-0.4, -0.2) is 10.9 Å². The Bertz CT molecular complexity index is 280. The standard InChI is InChI=1S/C6H6N2O/c7-6(9)5-1-3-8-4-2-5/h1-4H,(H2,7,9)/i3D,4D. The topological polar surface area (TPSA) is 56.0 Å². The summed E-state index contributed by atoms with van der Waals surface area (Å²) in [5.74, 6) is -0.644. The summed E-state index contributed by atoms with van der Waals surface area (Å²) >= 11 is 0. The molecule has 0 aliphatic rings. The number of hydrogen-bond acceptors (Lipinski definition) is 2. The van der Waals surface area contributed by atoms with E-state index in [4.69, 9.17) is 8.48 Å². The number of rotatable bonds is 1. The monoisotopic (exact) mass is 124 g/mol.